The van der Waals surface area contributed by atoms with Crippen LogP contribution in [0.4, 0.5) is 13.2 Å². The van der Waals surface area contributed by atoms with E-state index in [9.17, 15) is 13.2 Å². The molecule has 0 aromatic carbocycles. The first-order valence-electron chi connectivity index (χ1n) is 4.25. The Labute approximate surface area is 79.7 Å². The monoisotopic (exact) mass is 207 g/mol. The third-order valence-corrected chi connectivity index (χ3v) is 1.77. The van der Waals surface area contributed by atoms with Gasteiger partial charge in [-0.15, -0.1) is 0 Å². The van der Waals surface area contributed by atoms with Crippen LogP contribution in [0.5, 0.6) is 0 Å². The van der Waals surface area contributed by atoms with E-state index in [1.807, 2.05) is 0 Å². The summed E-state index contributed by atoms with van der Waals surface area (Å²) in [5.41, 5.74) is 4.75. The number of aryl methyl sites for hydroxylation is 1. The molecule has 0 saturated heterocycles. The van der Waals surface area contributed by atoms with Gasteiger partial charge in [0, 0.05) is 18.8 Å². The number of halogens is 3. The van der Waals surface area contributed by atoms with Crippen LogP contribution in [0, 0.1) is 0 Å². The van der Waals surface area contributed by atoms with Gasteiger partial charge in [0.15, 0.2) is 0 Å². The normalized spacial score (nSPS) is 14.4. The number of hydrogen-bond donors (Lipinski definition) is 1. The van der Waals surface area contributed by atoms with Crippen LogP contribution in [-0.4, -0.2) is 15.8 Å². The minimum Gasteiger partial charge on any atom is -0.328 e. The van der Waals surface area contributed by atoms with Gasteiger partial charge < -0.3 is 5.73 Å². The van der Waals surface area contributed by atoms with Crippen molar-refractivity contribution in [1.82, 2.24) is 9.78 Å². The maximum atomic E-state index is 12.1. The molecule has 1 heterocycles. The highest BCUT2D eigenvalue weighted by Gasteiger charge is 2.32. The molecule has 1 rings (SSSR count). The lowest BCUT2D eigenvalue weighted by molar-refractivity contribution is -0.137. The summed E-state index contributed by atoms with van der Waals surface area (Å²) in [6.45, 7) is 2.21. The smallest absolute Gasteiger partial charge is 0.328 e. The van der Waals surface area contributed by atoms with Crippen molar-refractivity contribution in [3.8, 4) is 0 Å². The van der Waals surface area contributed by atoms with Gasteiger partial charge in [0.2, 0.25) is 0 Å². The molecule has 1 unspecified atom stereocenters. The van der Waals surface area contributed by atoms with E-state index < -0.39 is 11.7 Å². The third-order valence-electron chi connectivity index (χ3n) is 1.77. The Balaban J connectivity index is 2.60. The minimum absolute atomic E-state index is 0.0338. The van der Waals surface area contributed by atoms with Gasteiger partial charge >= 0.3 is 6.18 Å². The summed E-state index contributed by atoms with van der Waals surface area (Å²) in [5.74, 6) is 0. The van der Waals surface area contributed by atoms with Crippen molar-refractivity contribution < 1.29 is 13.2 Å². The predicted molar refractivity (Wildman–Crippen MR) is 45.5 cm³/mol. The summed E-state index contributed by atoms with van der Waals surface area (Å²) in [7, 11) is 0. The molecule has 0 aliphatic rings. The van der Waals surface area contributed by atoms with Crippen LogP contribution >= 0.6 is 0 Å². The number of rotatable bonds is 3. The van der Waals surface area contributed by atoms with Crippen LogP contribution in [0.25, 0.3) is 0 Å². The first kappa shape index (κ1) is 11.0. The van der Waals surface area contributed by atoms with Crippen LogP contribution in [0.2, 0.25) is 0 Å². The van der Waals surface area contributed by atoms with Gasteiger partial charge in [0.05, 0.1) is 11.8 Å². The number of aromatic nitrogens is 2. The Morgan fingerprint density at radius 1 is 1.57 bits per heavy atom. The molecule has 0 aliphatic carbocycles. The average molecular weight is 207 g/mol. The summed E-state index contributed by atoms with van der Waals surface area (Å²) < 4.78 is 37.6. The number of nitrogens with zero attached hydrogens (tertiary/aromatic N) is 2. The lowest BCUT2D eigenvalue weighted by atomic mass is 10.2. The molecule has 0 amide bonds. The SMILES string of the molecule is CC(N)CCn1cc(C(F)(F)F)cn1. The second-order valence-electron chi connectivity index (χ2n) is 3.26. The fraction of sp³-hybridized carbons (Fsp3) is 0.625. The summed E-state index contributed by atoms with van der Waals surface area (Å²) in [4.78, 5) is 0. The molecule has 1 atom stereocenters. The van der Waals surface area contributed by atoms with Crippen molar-refractivity contribution in [1.29, 1.82) is 0 Å². The van der Waals surface area contributed by atoms with Gasteiger partial charge in [-0.3, -0.25) is 4.68 Å². The highest BCUT2D eigenvalue weighted by molar-refractivity contribution is 5.08. The zero-order chi connectivity index (χ0) is 10.8. The lowest BCUT2D eigenvalue weighted by Gasteiger charge is -2.04. The van der Waals surface area contributed by atoms with Crippen LogP contribution < -0.4 is 5.73 Å². The molecule has 1 aromatic rings. The molecule has 0 fully saturated rings. The zero-order valence-corrected chi connectivity index (χ0v) is 7.75. The van der Waals surface area contributed by atoms with E-state index in [2.05, 4.69) is 5.10 Å². The molecular weight excluding hydrogens is 195 g/mol. The Kier molecular flexibility index (Phi) is 3.15. The maximum Gasteiger partial charge on any atom is 0.419 e. The van der Waals surface area contributed by atoms with E-state index in [0.29, 0.717) is 13.0 Å². The van der Waals surface area contributed by atoms with Crippen molar-refractivity contribution in [2.75, 3.05) is 0 Å². The summed E-state index contributed by atoms with van der Waals surface area (Å²) in [6, 6.07) is -0.0338. The van der Waals surface area contributed by atoms with Crippen LogP contribution in [0.3, 0.4) is 0 Å². The predicted octanol–water partition coefficient (Wildman–Crippen LogP) is 1.64. The Morgan fingerprint density at radius 2 is 2.21 bits per heavy atom. The molecule has 6 heteroatoms. The topological polar surface area (TPSA) is 43.8 Å². The number of hydrogen-bond acceptors (Lipinski definition) is 2. The first-order chi connectivity index (χ1) is 6.39. The Morgan fingerprint density at radius 3 is 2.64 bits per heavy atom. The molecule has 3 nitrogen and oxygen atoms in total. The van der Waals surface area contributed by atoms with Crippen LogP contribution in [-0.2, 0) is 12.7 Å². The molecule has 0 spiro atoms. The molecule has 0 radical (unpaired) electrons. The van der Waals surface area contributed by atoms with Crippen molar-refractivity contribution in [3.63, 3.8) is 0 Å². The van der Waals surface area contributed by atoms with Gasteiger partial charge in [-0.1, -0.05) is 0 Å². The summed E-state index contributed by atoms with van der Waals surface area (Å²) >= 11 is 0. The second-order valence-corrected chi connectivity index (χ2v) is 3.26. The van der Waals surface area contributed by atoms with Crippen molar-refractivity contribution in [3.05, 3.63) is 18.0 Å². The highest BCUT2D eigenvalue weighted by atomic mass is 19.4. The molecular formula is C8H12F3N3. The van der Waals surface area contributed by atoms with Gasteiger partial charge in [0.1, 0.15) is 0 Å². The summed E-state index contributed by atoms with van der Waals surface area (Å²) in [6.07, 6.45) is -1.89. The van der Waals surface area contributed by atoms with E-state index in [4.69, 9.17) is 5.73 Å². The van der Waals surface area contributed by atoms with Gasteiger partial charge in [-0.05, 0) is 13.3 Å². The first-order valence-corrected chi connectivity index (χ1v) is 4.25. The lowest BCUT2D eigenvalue weighted by Crippen LogP contribution is -2.17. The van der Waals surface area contributed by atoms with Crippen molar-refractivity contribution >= 4 is 0 Å². The summed E-state index contributed by atoms with van der Waals surface area (Å²) in [5, 5.41) is 3.60. The van der Waals surface area contributed by atoms with Crippen molar-refractivity contribution in [2.45, 2.75) is 32.1 Å². The Bertz CT molecular complexity index is 290. The quantitative estimate of drug-likeness (QED) is 0.818. The molecule has 14 heavy (non-hydrogen) atoms. The number of alkyl halides is 3. The van der Waals surface area contributed by atoms with Gasteiger partial charge in [-0.25, -0.2) is 0 Å². The van der Waals surface area contributed by atoms with E-state index in [1.54, 1.807) is 6.92 Å². The highest BCUT2D eigenvalue weighted by Crippen LogP contribution is 2.28. The molecule has 2 N–H and O–H groups in total. The molecule has 1 aromatic heterocycles. The maximum absolute atomic E-state index is 12.1. The largest absolute Gasteiger partial charge is 0.419 e. The molecule has 0 bridgehead atoms. The van der Waals surface area contributed by atoms with Crippen LogP contribution in [0.1, 0.15) is 18.9 Å². The minimum atomic E-state index is -4.31. The average Bonchev–Trinajstić information content (AvgIpc) is 2.47. The third kappa shape index (κ3) is 3.02. The molecule has 0 aliphatic heterocycles. The van der Waals surface area contributed by atoms with Crippen molar-refractivity contribution in [2.24, 2.45) is 5.73 Å². The number of nitrogens with two attached hydrogens (primary N) is 1. The van der Waals surface area contributed by atoms with E-state index >= 15 is 0 Å². The Hall–Kier alpha value is -1.04. The fourth-order valence-corrected chi connectivity index (χ4v) is 0.968. The fourth-order valence-electron chi connectivity index (χ4n) is 0.968. The van der Waals surface area contributed by atoms with E-state index in [-0.39, 0.29) is 6.04 Å². The molecule has 80 valence electrons. The van der Waals surface area contributed by atoms with Crippen LogP contribution in [0.15, 0.2) is 12.4 Å². The van der Waals surface area contributed by atoms with Gasteiger partial charge in [0.25, 0.3) is 0 Å². The van der Waals surface area contributed by atoms with E-state index in [0.717, 1.165) is 12.4 Å². The van der Waals surface area contributed by atoms with Gasteiger partial charge in [-0.2, -0.15) is 18.3 Å². The molecule has 0 saturated carbocycles. The zero-order valence-electron chi connectivity index (χ0n) is 7.75. The second kappa shape index (κ2) is 4.00. The standard InChI is InChI=1S/C8H12F3N3/c1-6(12)2-3-14-5-7(4-13-14)8(9,10)11/h4-6H,2-3,12H2,1H3. The van der Waals surface area contributed by atoms with E-state index in [1.165, 1.54) is 4.68 Å².